The predicted molar refractivity (Wildman–Crippen MR) is 487 cm³/mol. The molecule has 0 saturated heterocycles. The highest BCUT2D eigenvalue weighted by Crippen LogP contribution is 2.38. The van der Waals surface area contributed by atoms with E-state index in [1.165, 1.54) is 36.4 Å². The average Bonchev–Trinajstić information content (AvgIpc) is 1.62. The first-order valence-electron chi connectivity index (χ1n) is 42.1. The zero-order valence-electron chi connectivity index (χ0n) is 73.6. The number of carbonyl (C=O) groups excluding carboxylic acids is 1. The number of aryl methyl sites for hydroxylation is 4. The number of para-hydroxylation sites is 2. The Morgan fingerprint density at radius 2 is 0.746 bits per heavy atom. The molecule has 0 spiro atoms. The number of carbonyl (C=O) groups is 2. The number of nitrogens with one attached hydrogen (secondary N) is 1. The number of fused-ring (bicyclic) bond motifs is 4. The molecule has 0 aliphatic heterocycles. The molecule has 0 atom stereocenters. The highest BCUT2D eigenvalue weighted by molar-refractivity contribution is 7.88. The number of nitrogens with two attached hydrogens (primary N) is 6. The fourth-order valence-corrected chi connectivity index (χ4v) is 15.9. The summed E-state index contributed by atoms with van der Waals surface area (Å²) in [6.45, 7) is 11.1. The van der Waals surface area contributed by atoms with E-state index in [4.69, 9.17) is 53.3 Å². The fourth-order valence-electron chi connectivity index (χ4n) is 15.5. The van der Waals surface area contributed by atoms with Gasteiger partial charge in [-0.25, -0.2) is 55.4 Å². The van der Waals surface area contributed by atoms with Crippen molar-refractivity contribution >= 4 is 44.5 Å². The summed E-state index contributed by atoms with van der Waals surface area (Å²) in [5.41, 5.74) is 55.5. The maximum atomic E-state index is 14.9. The lowest BCUT2D eigenvalue weighted by molar-refractivity contribution is 0.0687. The Bertz CT molecular complexity index is 6690. The fraction of sp³-hybridized carbons (Fsp3) is 0.290. The molecule has 680 valence electrons. The monoisotopic (exact) mass is 1800 g/mol. The Morgan fingerprint density at radius 3 is 1.11 bits per heavy atom. The van der Waals surface area contributed by atoms with Crippen molar-refractivity contribution < 1.29 is 59.6 Å². The third kappa shape index (κ3) is 21.6. The number of pyridine rings is 4. The molecule has 0 unspecified atom stereocenters. The number of primary amides is 1. The van der Waals surface area contributed by atoms with Gasteiger partial charge in [-0.1, -0.05) is 24.3 Å². The van der Waals surface area contributed by atoms with E-state index >= 15 is 0 Å². The molecule has 0 aliphatic carbocycles. The molecule has 16 aromatic rings. The first kappa shape index (κ1) is 93.7. The molecule has 12 aromatic heterocycles. The van der Waals surface area contributed by atoms with E-state index in [0.717, 1.165) is 119 Å². The number of imidazole rings is 4. The second-order valence-corrected chi connectivity index (χ2v) is 32.8. The van der Waals surface area contributed by atoms with E-state index < -0.39 is 33.5 Å². The molecule has 130 heavy (non-hydrogen) atoms. The average molecular weight is 1800 g/mol. The van der Waals surface area contributed by atoms with Crippen molar-refractivity contribution in [2.45, 2.75) is 92.2 Å². The van der Waals surface area contributed by atoms with Gasteiger partial charge >= 0.3 is 5.97 Å². The summed E-state index contributed by atoms with van der Waals surface area (Å²) >= 11 is 0. The zero-order valence-corrected chi connectivity index (χ0v) is 74.5. The van der Waals surface area contributed by atoms with E-state index in [9.17, 15) is 40.7 Å². The molecule has 0 radical (unpaired) electrons. The lowest BCUT2D eigenvalue weighted by atomic mass is 10.1. The van der Waals surface area contributed by atoms with Gasteiger partial charge in [0.15, 0.2) is 34.5 Å². The summed E-state index contributed by atoms with van der Waals surface area (Å²) in [7, 11) is 3.79. The summed E-state index contributed by atoms with van der Waals surface area (Å²) in [5, 5.41) is 26.5. The van der Waals surface area contributed by atoms with Gasteiger partial charge < -0.3 is 76.1 Å². The lowest BCUT2D eigenvalue weighted by Crippen LogP contribution is -2.22. The van der Waals surface area contributed by atoms with Crippen LogP contribution in [0.4, 0.5) is 17.6 Å². The number of hydrogen-bond acceptors (Lipinski definition) is 21. The van der Waals surface area contributed by atoms with Crippen LogP contribution in [0.25, 0.3) is 67.1 Å². The molecule has 0 aliphatic rings. The van der Waals surface area contributed by atoms with Gasteiger partial charge in [-0.3, -0.25) is 23.5 Å². The lowest BCUT2D eigenvalue weighted by Gasteiger charge is -2.14. The number of hydrogen-bond donors (Lipinski definition) is 8. The van der Waals surface area contributed by atoms with Crippen molar-refractivity contribution in [3.63, 3.8) is 0 Å². The summed E-state index contributed by atoms with van der Waals surface area (Å²) in [6.07, 6.45) is 20.5. The third-order valence-corrected chi connectivity index (χ3v) is 23.2. The predicted octanol–water partition coefficient (Wildman–Crippen LogP) is 10.5. The van der Waals surface area contributed by atoms with Crippen LogP contribution in [0.2, 0.25) is 0 Å². The number of rotatable bonds is 34. The maximum absolute atomic E-state index is 14.9. The van der Waals surface area contributed by atoms with Crippen LogP contribution in [0.5, 0.6) is 23.0 Å². The summed E-state index contributed by atoms with van der Waals surface area (Å²) < 4.78 is 122. The zero-order chi connectivity index (χ0) is 92.8. The Hall–Kier alpha value is -14.0. The van der Waals surface area contributed by atoms with E-state index in [0.29, 0.717) is 136 Å². The van der Waals surface area contributed by atoms with Crippen LogP contribution in [0.3, 0.4) is 0 Å². The number of aromatic nitrogens is 16. The molecule has 0 saturated carbocycles. The number of benzene rings is 4. The number of halogens is 4. The Balaban J connectivity index is 0.000000148. The minimum Gasteiger partial charge on any atom is -0.493 e. The van der Waals surface area contributed by atoms with Gasteiger partial charge in [-0.15, -0.1) is 0 Å². The molecular weight excluding hydrogens is 1690 g/mol. The van der Waals surface area contributed by atoms with Crippen molar-refractivity contribution in [1.29, 1.82) is 0 Å². The van der Waals surface area contributed by atoms with Crippen molar-refractivity contribution in [3.05, 3.63) is 285 Å². The quantitative estimate of drug-likeness (QED) is 0.0174. The first-order valence-corrected chi connectivity index (χ1v) is 44.0. The van der Waals surface area contributed by atoms with Gasteiger partial charge in [0.1, 0.15) is 45.7 Å². The number of carboxylic acid groups (broad SMARTS) is 1. The van der Waals surface area contributed by atoms with Crippen LogP contribution in [0, 0.1) is 51.0 Å². The van der Waals surface area contributed by atoms with Gasteiger partial charge in [-0.05, 0) is 151 Å². The molecular formula is C93H105F4N23O9S. The van der Waals surface area contributed by atoms with Crippen LogP contribution in [0.1, 0.15) is 100 Å². The minimum atomic E-state index is -3.36. The first-order chi connectivity index (χ1) is 62.5. The van der Waals surface area contributed by atoms with Crippen molar-refractivity contribution in [2.75, 3.05) is 58.9 Å². The Kier molecular flexibility index (Phi) is 30.2. The normalized spacial score (nSPS) is 11.5. The third-order valence-electron chi connectivity index (χ3n) is 22.5. The van der Waals surface area contributed by atoms with Crippen LogP contribution in [-0.4, -0.2) is 161 Å². The number of carboxylic acids is 1. The largest absolute Gasteiger partial charge is 0.493 e. The van der Waals surface area contributed by atoms with E-state index in [1.807, 2.05) is 149 Å². The van der Waals surface area contributed by atoms with Gasteiger partial charge in [0, 0.05) is 248 Å². The van der Waals surface area contributed by atoms with Crippen LogP contribution < -0.4 is 58.1 Å². The molecule has 16 rings (SSSR count). The minimum absolute atomic E-state index is 0.0194. The SMILES string of the molecule is Cc1c(CCOc2c(F)cccc2-c2ccc3ncc(CCN)n3c2)c(CN)nn1C.Cc1c(CCOc2c(F)cccc2-c2ccc3ncc(CCN)n3c2)c(CNS(C)(=O)=O)nn1C.Cc1c(CCOc2ccc(F)cc2-c2ccc3ncc(CCN)n3c2)c(C(=O)O)nn1C.Cc1c(CCOc2ccc(F)cc2-c2ccc3ncc(CCN)n3c2)c(C(N)=O)nn1C. The van der Waals surface area contributed by atoms with Crippen LogP contribution in [-0.2, 0) is 103 Å². The van der Waals surface area contributed by atoms with Crippen molar-refractivity contribution in [2.24, 2.45) is 62.6 Å². The maximum Gasteiger partial charge on any atom is 0.356 e. The molecule has 32 nitrogen and oxygen atoms in total. The van der Waals surface area contributed by atoms with Gasteiger partial charge in [0.05, 0.1) is 50.6 Å². The highest BCUT2D eigenvalue weighted by Gasteiger charge is 2.25. The summed E-state index contributed by atoms with van der Waals surface area (Å²) in [4.78, 5) is 40.7. The van der Waals surface area contributed by atoms with E-state index in [-0.39, 0.29) is 60.9 Å². The van der Waals surface area contributed by atoms with Crippen LogP contribution in [0.15, 0.2) is 171 Å². The second-order valence-electron chi connectivity index (χ2n) is 31.0. The number of nitrogens with zero attached hydrogens (tertiary/aromatic N) is 16. The number of aromatic carboxylic acids is 1. The molecule has 14 N–H and O–H groups in total. The van der Waals surface area contributed by atoms with Gasteiger partial charge in [-0.2, -0.15) is 20.4 Å². The van der Waals surface area contributed by atoms with Crippen LogP contribution >= 0.6 is 0 Å². The van der Waals surface area contributed by atoms with Crippen molar-refractivity contribution in [1.82, 2.24) is 81.4 Å². The molecule has 37 heteroatoms. The molecule has 0 fully saturated rings. The highest BCUT2D eigenvalue weighted by atomic mass is 32.2. The number of sulfonamides is 1. The molecule has 1 amide bonds. The second kappa shape index (κ2) is 41.9. The Morgan fingerprint density at radius 1 is 0.415 bits per heavy atom. The number of ether oxygens (including phenoxy) is 4. The topological polar surface area (TPSA) is 434 Å². The van der Waals surface area contributed by atoms with E-state index in [1.54, 1.807) is 78.0 Å². The Labute approximate surface area is 747 Å². The molecule has 4 aromatic carbocycles. The van der Waals surface area contributed by atoms with Gasteiger partial charge in [0.2, 0.25) is 10.0 Å². The van der Waals surface area contributed by atoms with Gasteiger partial charge in [0.25, 0.3) is 5.91 Å². The number of amides is 1. The summed E-state index contributed by atoms with van der Waals surface area (Å²) in [5.74, 6) is -1.82. The molecule has 0 bridgehead atoms. The smallest absolute Gasteiger partial charge is 0.356 e. The molecule has 12 heterocycles. The van der Waals surface area contributed by atoms with E-state index in [2.05, 4.69) is 45.1 Å². The standard InChI is InChI=1S/C24H29FN6O3S.C23H25FN6O2.C23H27FN6O.C23H24FN5O3/c1-16-19(22(29-30(16)2)14-28-35(3,32)33)10-12-34-24-20(5-4-6-21(24)25)17-7-8-23-27-13-18(9-11-26)31(23)15-17;1-14-18(22(23(26)31)28-29(14)2)8-10-32-20-5-4-16(24)11-19(20)15-3-6-21-27-12-17(7-9-25)30(21)13-15;1-15-18(21(12-26)28-29(15)2)9-11-31-23-19(4-3-5-20(23)24)16-6-7-22-27-13-17(8-10-25)30(22)14-16;1-14-18(22(23(30)31)27-28(14)2)8-10-32-20-5-4-16(24)11-19(20)15-3-6-21-26-12-17(7-9-25)29(21)13-15/h4-8,13,15,28H,9-12,14,26H2,1-3H3;3-6,11-13H,7-10,25H2,1-2H3,(H2,26,31);3-7,13-14H,8-12,25-26H2,1-2H3;3-6,11-13H,7-10,25H2,1-2H3,(H,30,31). The van der Waals surface area contributed by atoms with Crippen molar-refractivity contribution in [3.8, 4) is 67.5 Å². The summed E-state index contributed by atoms with van der Waals surface area (Å²) in [6, 6.07) is 33.6.